The van der Waals surface area contributed by atoms with Crippen LogP contribution in [0.1, 0.15) is 34.1 Å². The van der Waals surface area contributed by atoms with Crippen LogP contribution >= 0.6 is 22.6 Å². The van der Waals surface area contributed by atoms with Crippen LogP contribution in [0.15, 0.2) is 28.3 Å². The van der Waals surface area contributed by atoms with E-state index in [0.29, 0.717) is 5.92 Å². The van der Waals surface area contributed by atoms with E-state index >= 15 is 0 Å². The first-order chi connectivity index (χ1) is 7.12. The van der Waals surface area contributed by atoms with E-state index in [-0.39, 0.29) is 0 Å². The fraction of sp³-hybridized carbons (Fsp3) is 0.615. The van der Waals surface area contributed by atoms with Gasteiger partial charge in [-0.2, -0.15) is 0 Å². The summed E-state index contributed by atoms with van der Waals surface area (Å²) in [7, 11) is 1.88. The number of rotatable bonds is 5. The average Bonchev–Trinajstić information content (AvgIpc) is 2.26. The molecule has 15 heavy (non-hydrogen) atoms. The van der Waals surface area contributed by atoms with Gasteiger partial charge in [0.1, 0.15) is 0 Å². The average molecular weight is 319 g/mol. The van der Waals surface area contributed by atoms with Gasteiger partial charge in [0, 0.05) is 17.2 Å². The van der Waals surface area contributed by atoms with E-state index in [2.05, 4.69) is 67.4 Å². The van der Waals surface area contributed by atoms with Crippen LogP contribution in [0, 0.1) is 5.92 Å². The summed E-state index contributed by atoms with van der Waals surface area (Å²) in [6.45, 7) is 8.76. The van der Waals surface area contributed by atoms with E-state index in [4.69, 9.17) is 0 Å². The Labute approximate surface area is 108 Å². The van der Waals surface area contributed by atoms with E-state index < -0.39 is 0 Å². The summed E-state index contributed by atoms with van der Waals surface area (Å²) in [5.41, 5.74) is 3.99. The Kier molecular flexibility index (Phi) is 8.02. The van der Waals surface area contributed by atoms with E-state index in [9.17, 15) is 0 Å². The second-order valence-electron chi connectivity index (χ2n) is 3.69. The Bertz CT molecular complexity index is 274. The van der Waals surface area contributed by atoms with Crippen LogP contribution in [-0.4, -0.2) is 17.2 Å². The van der Waals surface area contributed by atoms with Crippen molar-refractivity contribution < 1.29 is 0 Å². The maximum Gasteiger partial charge on any atom is 0.0474 e. The fourth-order valence-corrected chi connectivity index (χ4v) is 2.47. The lowest BCUT2D eigenvalue weighted by molar-refractivity contribution is 0.666. The van der Waals surface area contributed by atoms with Gasteiger partial charge in [-0.05, 0) is 37.3 Å². The number of hydrogen-bond donors (Lipinski definition) is 0. The molecule has 1 atom stereocenters. The van der Waals surface area contributed by atoms with Gasteiger partial charge in [0.05, 0.1) is 0 Å². The summed E-state index contributed by atoms with van der Waals surface area (Å²) in [6.07, 6.45) is 5.52. The van der Waals surface area contributed by atoms with Crippen molar-refractivity contribution >= 4 is 28.3 Å². The van der Waals surface area contributed by atoms with Gasteiger partial charge in [-0.15, -0.1) is 0 Å². The normalized spacial score (nSPS) is 16.8. The van der Waals surface area contributed by atoms with Gasteiger partial charge in [0.15, 0.2) is 0 Å². The monoisotopic (exact) mass is 319 g/mol. The first-order valence-corrected chi connectivity index (χ1v) is 7.00. The van der Waals surface area contributed by atoms with E-state index in [0.717, 1.165) is 4.43 Å². The molecule has 2 heteroatoms. The third-order valence-electron chi connectivity index (χ3n) is 2.75. The van der Waals surface area contributed by atoms with Crippen LogP contribution in [-0.2, 0) is 0 Å². The van der Waals surface area contributed by atoms with Crippen molar-refractivity contribution in [1.82, 2.24) is 0 Å². The lowest BCUT2D eigenvalue weighted by Gasteiger charge is -2.15. The molecule has 0 amide bonds. The molecular weight excluding hydrogens is 297 g/mol. The summed E-state index contributed by atoms with van der Waals surface area (Å²) in [6, 6.07) is 0. The van der Waals surface area contributed by atoms with Gasteiger partial charge in [0.25, 0.3) is 0 Å². The number of halogens is 1. The predicted octanol–water partition coefficient (Wildman–Crippen LogP) is 4.43. The van der Waals surface area contributed by atoms with Gasteiger partial charge in [-0.3, -0.25) is 4.99 Å². The quantitative estimate of drug-likeness (QED) is 0.308. The van der Waals surface area contributed by atoms with Crippen molar-refractivity contribution in [3.63, 3.8) is 0 Å². The SMILES string of the molecule is C/C=C\C(=C(/C)C(CI)=NC)C(C)CC. The van der Waals surface area contributed by atoms with Crippen LogP contribution in [0.5, 0.6) is 0 Å². The number of allylic oxidation sites excluding steroid dienone is 4. The molecule has 0 fully saturated rings. The maximum atomic E-state index is 4.34. The Hall–Kier alpha value is -0.120. The highest BCUT2D eigenvalue weighted by atomic mass is 127. The van der Waals surface area contributed by atoms with Gasteiger partial charge >= 0.3 is 0 Å². The number of hydrogen-bond acceptors (Lipinski definition) is 1. The molecular formula is C13H22IN. The van der Waals surface area contributed by atoms with Crippen LogP contribution < -0.4 is 0 Å². The molecule has 0 spiro atoms. The maximum absolute atomic E-state index is 4.34. The first-order valence-electron chi connectivity index (χ1n) is 5.47. The smallest absolute Gasteiger partial charge is 0.0474 e. The van der Waals surface area contributed by atoms with Gasteiger partial charge in [-0.1, -0.05) is 48.6 Å². The summed E-state index contributed by atoms with van der Waals surface area (Å²) in [5, 5.41) is 0. The van der Waals surface area contributed by atoms with Crippen LogP contribution in [0.3, 0.4) is 0 Å². The minimum absolute atomic E-state index is 0.612. The molecule has 0 saturated heterocycles. The van der Waals surface area contributed by atoms with Gasteiger partial charge in [0.2, 0.25) is 0 Å². The summed E-state index contributed by atoms with van der Waals surface area (Å²) in [4.78, 5) is 4.34. The lowest BCUT2D eigenvalue weighted by Crippen LogP contribution is -2.08. The van der Waals surface area contributed by atoms with Crippen LogP contribution in [0.25, 0.3) is 0 Å². The zero-order chi connectivity index (χ0) is 11.8. The fourth-order valence-electron chi connectivity index (χ4n) is 1.55. The molecule has 86 valence electrons. The van der Waals surface area contributed by atoms with E-state index in [1.54, 1.807) is 0 Å². The molecule has 0 rings (SSSR count). The largest absolute Gasteiger partial charge is 0.292 e. The number of alkyl halides is 1. The lowest BCUT2D eigenvalue weighted by atomic mass is 9.92. The van der Waals surface area contributed by atoms with Crippen molar-refractivity contribution in [3.8, 4) is 0 Å². The Morgan fingerprint density at radius 2 is 2.07 bits per heavy atom. The standard InChI is InChI=1S/C13H22IN/c1-6-8-12(10(3)7-2)11(4)13(9-14)15-5/h6,8,10H,7,9H2,1-5H3/b8-6-,12-11-,15-13?. The molecule has 1 unspecified atom stereocenters. The third kappa shape index (κ3) is 4.49. The Morgan fingerprint density at radius 3 is 2.40 bits per heavy atom. The van der Waals surface area contributed by atoms with Crippen molar-refractivity contribution in [2.75, 3.05) is 11.5 Å². The van der Waals surface area contributed by atoms with Gasteiger partial charge in [-0.25, -0.2) is 0 Å². The molecule has 0 aromatic carbocycles. The molecule has 0 radical (unpaired) electrons. The Morgan fingerprint density at radius 1 is 1.47 bits per heavy atom. The summed E-state index contributed by atoms with van der Waals surface area (Å²) in [5.74, 6) is 0.612. The molecule has 0 aliphatic rings. The van der Waals surface area contributed by atoms with Gasteiger partial charge < -0.3 is 0 Å². The molecule has 1 nitrogen and oxygen atoms in total. The summed E-state index contributed by atoms with van der Waals surface area (Å²) >= 11 is 2.37. The molecule has 0 aliphatic carbocycles. The third-order valence-corrected chi connectivity index (χ3v) is 3.47. The molecule has 0 bridgehead atoms. The topological polar surface area (TPSA) is 12.4 Å². The molecule has 0 aromatic heterocycles. The zero-order valence-corrected chi connectivity index (χ0v) is 12.6. The molecule has 0 heterocycles. The molecule has 0 aliphatic heterocycles. The second-order valence-corrected chi connectivity index (χ2v) is 4.46. The summed E-state index contributed by atoms with van der Waals surface area (Å²) < 4.78 is 0.984. The van der Waals surface area contributed by atoms with Crippen molar-refractivity contribution in [3.05, 3.63) is 23.3 Å². The zero-order valence-electron chi connectivity index (χ0n) is 10.5. The Balaban J connectivity index is 5.25. The molecule has 0 aromatic rings. The second kappa shape index (κ2) is 8.08. The van der Waals surface area contributed by atoms with Crippen molar-refractivity contribution in [2.45, 2.75) is 34.1 Å². The van der Waals surface area contributed by atoms with Crippen LogP contribution in [0.2, 0.25) is 0 Å². The van der Waals surface area contributed by atoms with Crippen molar-refractivity contribution in [1.29, 1.82) is 0 Å². The highest BCUT2D eigenvalue weighted by Gasteiger charge is 2.10. The number of nitrogens with zero attached hydrogens (tertiary/aromatic N) is 1. The highest BCUT2D eigenvalue weighted by Crippen LogP contribution is 2.21. The van der Waals surface area contributed by atoms with Crippen molar-refractivity contribution in [2.24, 2.45) is 10.9 Å². The molecule has 0 saturated carbocycles. The minimum Gasteiger partial charge on any atom is -0.292 e. The van der Waals surface area contributed by atoms with Crippen LogP contribution in [0.4, 0.5) is 0 Å². The first kappa shape index (κ1) is 14.9. The van der Waals surface area contributed by atoms with E-state index in [1.807, 2.05) is 7.05 Å². The van der Waals surface area contributed by atoms with E-state index in [1.165, 1.54) is 23.3 Å². The molecule has 0 N–H and O–H groups in total. The minimum atomic E-state index is 0.612. The highest BCUT2D eigenvalue weighted by molar-refractivity contribution is 14.1. The predicted molar refractivity (Wildman–Crippen MR) is 79.2 cm³/mol. The number of aliphatic imine (C=N–C) groups is 1.